The zero-order valence-electron chi connectivity index (χ0n) is 13.7. The number of pyridine rings is 1. The van der Waals surface area contributed by atoms with Crippen molar-refractivity contribution in [3.63, 3.8) is 0 Å². The molecule has 3 N–H and O–H groups in total. The highest BCUT2D eigenvalue weighted by Crippen LogP contribution is 2.29. The van der Waals surface area contributed by atoms with Gasteiger partial charge in [-0.05, 0) is 13.8 Å². The Morgan fingerprint density at radius 3 is 2.75 bits per heavy atom. The third-order valence-corrected chi connectivity index (χ3v) is 4.28. The van der Waals surface area contributed by atoms with Crippen molar-refractivity contribution in [2.45, 2.75) is 27.0 Å². The maximum absolute atomic E-state index is 9.59. The van der Waals surface area contributed by atoms with Crippen molar-refractivity contribution in [2.24, 2.45) is 0 Å². The largest absolute Gasteiger partial charge is 0.496 e. The van der Waals surface area contributed by atoms with Crippen LogP contribution in [0.5, 0.6) is 5.75 Å². The summed E-state index contributed by atoms with van der Waals surface area (Å²) in [5, 5.41) is 10.4. The van der Waals surface area contributed by atoms with Crippen LogP contribution in [0.4, 0.5) is 5.95 Å². The van der Waals surface area contributed by atoms with Gasteiger partial charge < -0.3 is 20.1 Å². The number of aliphatic hydroxyl groups excluding tert-OH is 1. The number of halogens is 1. The summed E-state index contributed by atoms with van der Waals surface area (Å²) in [5.41, 5.74) is 9.70. The molecule has 126 valence electrons. The predicted molar refractivity (Wildman–Crippen MR) is 92.2 cm³/mol. The van der Waals surface area contributed by atoms with Gasteiger partial charge in [0.15, 0.2) is 0 Å². The number of anilines is 1. The fraction of sp³-hybridized carbons (Fsp3) is 0.312. The van der Waals surface area contributed by atoms with Crippen molar-refractivity contribution in [3.05, 3.63) is 39.9 Å². The molecular formula is C16H18ClN5O2. The maximum atomic E-state index is 9.59. The molecule has 0 unspecified atom stereocenters. The summed E-state index contributed by atoms with van der Waals surface area (Å²) in [4.78, 5) is 12.7. The van der Waals surface area contributed by atoms with E-state index in [0.29, 0.717) is 23.1 Å². The molecule has 0 aliphatic carbocycles. The highest BCUT2D eigenvalue weighted by molar-refractivity contribution is 6.34. The molecule has 0 aromatic carbocycles. The van der Waals surface area contributed by atoms with Gasteiger partial charge in [0.05, 0.1) is 31.3 Å². The van der Waals surface area contributed by atoms with Gasteiger partial charge in [0.1, 0.15) is 16.5 Å². The number of nitrogens with two attached hydrogens (primary N) is 1. The van der Waals surface area contributed by atoms with Crippen LogP contribution in [0.15, 0.2) is 12.4 Å². The Morgan fingerprint density at radius 2 is 2.08 bits per heavy atom. The number of aromatic nitrogens is 4. The first-order valence-corrected chi connectivity index (χ1v) is 7.74. The fourth-order valence-corrected chi connectivity index (χ4v) is 3.16. The van der Waals surface area contributed by atoms with Crippen molar-refractivity contribution in [3.8, 4) is 5.75 Å². The maximum Gasteiger partial charge on any atom is 0.223 e. The molecule has 0 radical (unpaired) electrons. The summed E-state index contributed by atoms with van der Waals surface area (Å²) < 4.78 is 7.31. The Hall–Kier alpha value is -2.38. The van der Waals surface area contributed by atoms with E-state index in [0.717, 1.165) is 22.6 Å². The number of aliphatic hydroxyl groups is 1. The van der Waals surface area contributed by atoms with E-state index in [2.05, 4.69) is 15.0 Å². The summed E-state index contributed by atoms with van der Waals surface area (Å²) in [6.45, 7) is 4.19. The lowest BCUT2D eigenvalue weighted by Gasteiger charge is -2.13. The van der Waals surface area contributed by atoms with Crippen molar-refractivity contribution < 1.29 is 9.84 Å². The summed E-state index contributed by atoms with van der Waals surface area (Å²) in [7, 11) is 1.64. The third kappa shape index (κ3) is 2.65. The number of nitrogen functional groups attached to an aromatic ring is 1. The summed E-state index contributed by atoms with van der Waals surface area (Å²) >= 11 is 6.17. The van der Waals surface area contributed by atoms with Gasteiger partial charge in [-0.15, -0.1) is 0 Å². The van der Waals surface area contributed by atoms with Crippen molar-refractivity contribution in [2.75, 3.05) is 12.8 Å². The number of nitrogens with zero attached hydrogens (tertiary/aromatic N) is 4. The van der Waals surface area contributed by atoms with E-state index in [1.54, 1.807) is 19.5 Å². The van der Waals surface area contributed by atoms with Crippen LogP contribution >= 0.6 is 11.6 Å². The SMILES string of the molecule is COc1c(C)cnc(Cn2cc(CO)c3c(Cl)nc(N)nc32)c1C. The standard InChI is InChI=1S/C16H18ClN5O2/c1-8-4-19-11(9(2)13(8)24-3)6-22-5-10(7-23)12-14(17)20-16(18)21-15(12)22/h4-5,23H,6-7H2,1-3H3,(H2,18,20,21). The van der Waals surface area contributed by atoms with Crippen molar-refractivity contribution in [1.29, 1.82) is 0 Å². The first kappa shape index (κ1) is 16.5. The molecule has 0 saturated carbocycles. The second kappa shape index (κ2) is 6.26. The summed E-state index contributed by atoms with van der Waals surface area (Å²) in [6, 6.07) is 0. The number of aryl methyl sites for hydroxylation is 1. The lowest BCUT2D eigenvalue weighted by Crippen LogP contribution is -2.07. The molecule has 0 saturated heterocycles. The average Bonchev–Trinajstić information content (AvgIpc) is 2.88. The third-order valence-electron chi connectivity index (χ3n) is 4.01. The monoisotopic (exact) mass is 347 g/mol. The average molecular weight is 348 g/mol. The number of rotatable bonds is 4. The van der Waals surface area contributed by atoms with E-state index in [1.807, 2.05) is 18.4 Å². The van der Waals surface area contributed by atoms with E-state index < -0.39 is 0 Å². The first-order chi connectivity index (χ1) is 11.5. The Kier molecular flexibility index (Phi) is 4.29. The van der Waals surface area contributed by atoms with Crippen LogP contribution in [-0.4, -0.2) is 31.7 Å². The fourth-order valence-electron chi connectivity index (χ4n) is 2.87. The Labute approximate surface area is 144 Å². The topological polar surface area (TPSA) is 99.1 Å². The number of hydrogen-bond donors (Lipinski definition) is 2. The van der Waals surface area contributed by atoms with Crippen LogP contribution < -0.4 is 10.5 Å². The number of ether oxygens (including phenoxy) is 1. The van der Waals surface area contributed by atoms with Crippen LogP contribution in [0.25, 0.3) is 11.0 Å². The molecular weight excluding hydrogens is 330 g/mol. The molecule has 0 fully saturated rings. The molecule has 3 aromatic rings. The van der Waals surface area contributed by atoms with Crippen LogP contribution in [0, 0.1) is 13.8 Å². The number of fused-ring (bicyclic) bond motifs is 1. The lowest BCUT2D eigenvalue weighted by molar-refractivity contribution is 0.283. The molecule has 0 atom stereocenters. The highest BCUT2D eigenvalue weighted by atomic mass is 35.5. The van der Waals surface area contributed by atoms with Gasteiger partial charge in [0, 0.05) is 29.1 Å². The molecule has 3 heterocycles. The minimum absolute atomic E-state index is 0.0857. The van der Waals surface area contributed by atoms with E-state index in [-0.39, 0.29) is 17.7 Å². The quantitative estimate of drug-likeness (QED) is 0.702. The number of hydrogen-bond acceptors (Lipinski definition) is 6. The minimum Gasteiger partial charge on any atom is -0.496 e. The molecule has 0 amide bonds. The smallest absolute Gasteiger partial charge is 0.223 e. The second-order valence-electron chi connectivity index (χ2n) is 5.56. The Balaban J connectivity index is 2.15. The molecule has 7 nitrogen and oxygen atoms in total. The summed E-state index contributed by atoms with van der Waals surface area (Å²) in [6.07, 6.45) is 3.56. The van der Waals surface area contributed by atoms with Crippen molar-refractivity contribution in [1.82, 2.24) is 19.5 Å². The highest BCUT2D eigenvalue weighted by Gasteiger charge is 2.17. The first-order valence-electron chi connectivity index (χ1n) is 7.36. The minimum atomic E-state index is -0.167. The van der Waals surface area contributed by atoms with Crippen LogP contribution in [-0.2, 0) is 13.2 Å². The molecule has 0 aliphatic rings. The van der Waals surface area contributed by atoms with Gasteiger partial charge in [-0.3, -0.25) is 4.98 Å². The van der Waals surface area contributed by atoms with E-state index in [1.165, 1.54) is 0 Å². The number of methoxy groups -OCH3 is 1. The molecule has 3 aromatic heterocycles. The van der Waals surface area contributed by atoms with Crippen LogP contribution in [0.1, 0.15) is 22.4 Å². The molecule has 0 spiro atoms. The van der Waals surface area contributed by atoms with Gasteiger partial charge in [-0.1, -0.05) is 11.6 Å². The van der Waals surface area contributed by atoms with Gasteiger partial charge in [0.2, 0.25) is 5.95 Å². The molecule has 8 heteroatoms. The Morgan fingerprint density at radius 1 is 1.33 bits per heavy atom. The van der Waals surface area contributed by atoms with E-state index >= 15 is 0 Å². The van der Waals surface area contributed by atoms with Gasteiger partial charge in [0.25, 0.3) is 0 Å². The van der Waals surface area contributed by atoms with Gasteiger partial charge in [-0.25, -0.2) is 4.98 Å². The second-order valence-corrected chi connectivity index (χ2v) is 5.92. The van der Waals surface area contributed by atoms with E-state index in [9.17, 15) is 5.11 Å². The van der Waals surface area contributed by atoms with Crippen molar-refractivity contribution >= 4 is 28.6 Å². The van der Waals surface area contributed by atoms with Gasteiger partial charge >= 0.3 is 0 Å². The molecule has 24 heavy (non-hydrogen) atoms. The van der Waals surface area contributed by atoms with Crippen LogP contribution in [0.2, 0.25) is 5.15 Å². The predicted octanol–water partition coefficient (Wildman–Crippen LogP) is 2.23. The zero-order valence-corrected chi connectivity index (χ0v) is 14.4. The summed E-state index contributed by atoms with van der Waals surface area (Å²) in [5.74, 6) is 0.897. The lowest BCUT2D eigenvalue weighted by atomic mass is 10.1. The van der Waals surface area contributed by atoms with E-state index in [4.69, 9.17) is 22.1 Å². The normalized spacial score (nSPS) is 11.2. The Bertz CT molecular complexity index is 923. The molecule has 0 aliphatic heterocycles. The van der Waals surface area contributed by atoms with Crippen LogP contribution in [0.3, 0.4) is 0 Å². The van der Waals surface area contributed by atoms with Gasteiger partial charge in [-0.2, -0.15) is 4.98 Å². The molecule has 3 rings (SSSR count). The molecule has 0 bridgehead atoms. The zero-order chi connectivity index (χ0) is 17.4.